The van der Waals surface area contributed by atoms with Gasteiger partial charge in [0.25, 0.3) is 0 Å². The molecule has 0 fully saturated rings. The van der Waals surface area contributed by atoms with Crippen LogP contribution in [0.1, 0.15) is 39.5 Å². The normalized spacial score (nSPS) is 10.4. The molecule has 1 heterocycles. The summed E-state index contributed by atoms with van der Waals surface area (Å²) in [6.07, 6.45) is 10.7. The number of aromatic nitrogens is 2. The van der Waals surface area contributed by atoms with Gasteiger partial charge in [-0.2, -0.15) is 0 Å². The molecule has 4 heteroatoms. The molecular formula is C15H25N2O2+. The first-order valence-electron chi connectivity index (χ1n) is 7.01. The highest BCUT2D eigenvalue weighted by molar-refractivity contribution is 5.86. The van der Waals surface area contributed by atoms with Crippen molar-refractivity contribution in [3.8, 4) is 0 Å². The largest absolute Gasteiger partial charge is 0.462 e. The molecule has 0 aliphatic heterocycles. The van der Waals surface area contributed by atoms with Gasteiger partial charge in [-0.15, -0.1) is 0 Å². The second-order valence-electron chi connectivity index (χ2n) is 4.87. The molecule has 1 aromatic rings. The molecule has 0 spiro atoms. The molecule has 19 heavy (non-hydrogen) atoms. The van der Waals surface area contributed by atoms with Crippen LogP contribution in [-0.2, 0) is 22.6 Å². The number of hydrogen-bond acceptors (Lipinski definition) is 2. The molecule has 4 nitrogen and oxygen atoms in total. The summed E-state index contributed by atoms with van der Waals surface area (Å²) in [6, 6.07) is 0. The molecule has 0 unspecified atom stereocenters. The molecule has 0 saturated heterocycles. The highest BCUT2D eigenvalue weighted by atomic mass is 16.5. The van der Waals surface area contributed by atoms with E-state index < -0.39 is 0 Å². The topological polar surface area (TPSA) is 35.1 Å². The first-order valence-corrected chi connectivity index (χ1v) is 7.01. The van der Waals surface area contributed by atoms with Gasteiger partial charge >= 0.3 is 5.97 Å². The molecule has 0 aromatic carbocycles. The number of unbranched alkanes of at least 4 members (excludes halogenated alkanes) is 2. The van der Waals surface area contributed by atoms with E-state index in [4.69, 9.17) is 4.74 Å². The molecule has 0 radical (unpaired) electrons. The number of carbonyl (C=O) groups excluding carboxylic acids is 1. The number of nitrogens with zero attached hydrogens (tertiary/aromatic N) is 2. The quantitative estimate of drug-likeness (QED) is 0.297. The fourth-order valence-corrected chi connectivity index (χ4v) is 1.73. The van der Waals surface area contributed by atoms with Gasteiger partial charge in [0.05, 0.1) is 19.7 Å². The van der Waals surface area contributed by atoms with E-state index in [0.717, 1.165) is 25.9 Å². The Bertz CT molecular complexity index is 410. The molecule has 0 atom stereocenters. The summed E-state index contributed by atoms with van der Waals surface area (Å²) >= 11 is 0. The Morgan fingerprint density at radius 3 is 2.84 bits per heavy atom. The fraction of sp³-hybridized carbons (Fsp3) is 0.600. The molecule has 0 aliphatic carbocycles. The van der Waals surface area contributed by atoms with Crippen molar-refractivity contribution in [1.29, 1.82) is 0 Å². The highest BCUT2D eigenvalue weighted by Gasteiger charge is 2.04. The molecular weight excluding hydrogens is 240 g/mol. The van der Waals surface area contributed by atoms with E-state index in [-0.39, 0.29) is 5.97 Å². The Hall–Kier alpha value is -1.58. The second-order valence-corrected chi connectivity index (χ2v) is 4.87. The van der Waals surface area contributed by atoms with Crippen molar-refractivity contribution in [1.82, 2.24) is 4.57 Å². The molecule has 1 rings (SSSR count). The lowest BCUT2D eigenvalue weighted by molar-refractivity contribution is -0.696. The minimum atomic E-state index is -0.293. The second kappa shape index (κ2) is 8.51. The SMILES string of the molecule is C=C(C)C(=O)OCCCC[n+]1ccn(CCCC)c1. The van der Waals surface area contributed by atoms with Crippen LogP contribution in [-0.4, -0.2) is 17.1 Å². The van der Waals surface area contributed by atoms with Gasteiger partial charge < -0.3 is 4.74 Å². The Balaban J connectivity index is 2.14. The Kier molecular flexibility index (Phi) is 6.93. The van der Waals surface area contributed by atoms with E-state index in [1.54, 1.807) is 6.92 Å². The fourth-order valence-electron chi connectivity index (χ4n) is 1.73. The van der Waals surface area contributed by atoms with Crippen LogP contribution < -0.4 is 4.57 Å². The van der Waals surface area contributed by atoms with E-state index in [1.165, 1.54) is 12.8 Å². The summed E-state index contributed by atoms with van der Waals surface area (Å²) in [4.78, 5) is 11.1. The molecule has 0 saturated carbocycles. The van der Waals surface area contributed by atoms with Crippen molar-refractivity contribution in [3.05, 3.63) is 30.9 Å². The number of rotatable bonds is 9. The summed E-state index contributed by atoms with van der Waals surface area (Å²) in [5.41, 5.74) is 0.461. The molecule has 0 aliphatic rings. The van der Waals surface area contributed by atoms with Crippen molar-refractivity contribution in [2.24, 2.45) is 0 Å². The predicted molar refractivity (Wildman–Crippen MR) is 74.5 cm³/mol. The summed E-state index contributed by atoms with van der Waals surface area (Å²) in [7, 11) is 0. The number of esters is 1. The standard InChI is InChI=1S/C15H25N2O2/c1-4-5-8-16-10-11-17(13-16)9-6-7-12-19-15(18)14(2)3/h10-11,13H,2,4-9,12H2,1,3H3/q+1. The third-order valence-corrected chi connectivity index (χ3v) is 2.91. The van der Waals surface area contributed by atoms with Crippen molar-refractivity contribution in [2.45, 2.75) is 52.6 Å². The summed E-state index contributed by atoms with van der Waals surface area (Å²) in [6.45, 7) is 9.93. The van der Waals surface area contributed by atoms with Crippen LogP contribution in [0.3, 0.4) is 0 Å². The lowest BCUT2D eigenvalue weighted by Gasteiger charge is -2.03. The molecule has 0 amide bonds. The maximum absolute atomic E-state index is 11.1. The van der Waals surface area contributed by atoms with Gasteiger partial charge in [0.2, 0.25) is 6.33 Å². The van der Waals surface area contributed by atoms with Gasteiger partial charge in [0.15, 0.2) is 0 Å². The average Bonchev–Trinajstić information content (AvgIpc) is 2.83. The lowest BCUT2D eigenvalue weighted by Crippen LogP contribution is -2.31. The minimum absolute atomic E-state index is 0.293. The monoisotopic (exact) mass is 265 g/mol. The number of carbonyl (C=O) groups is 1. The highest BCUT2D eigenvalue weighted by Crippen LogP contribution is 1.97. The summed E-state index contributed by atoms with van der Waals surface area (Å²) < 4.78 is 9.44. The van der Waals surface area contributed by atoms with Crippen LogP contribution in [0, 0.1) is 0 Å². The Labute approximate surface area is 115 Å². The van der Waals surface area contributed by atoms with E-state index in [1.807, 2.05) is 0 Å². The predicted octanol–water partition coefficient (Wildman–Crippen LogP) is 2.48. The van der Waals surface area contributed by atoms with Gasteiger partial charge in [0, 0.05) is 5.57 Å². The Morgan fingerprint density at radius 2 is 2.16 bits per heavy atom. The molecule has 106 valence electrons. The van der Waals surface area contributed by atoms with Crippen molar-refractivity contribution in [2.75, 3.05) is 6.61 Å². The van der Waals surface area contributed by atoms with E-state index in [2.05, 4.69) is 41.4 Å². The summed E-state index contributed by atoms with van der Waals surface area (Å²) in [5.74, 6) is -0.293. The van der Waals surface area contributed by atoms with Crippen LogP contribution in [0.4, 0.5) is 0 Å². The van der Waals surface area contributed by atoms with Crippen LogP contribution in [0.25, 0.3) is 0 Å². The van der Waals surface area contributed by atoms with Crippen LogP contribution in [0.5, 0.6) is 0 Å². The maximum Gasteiger partial charge on any atom is 0.333 e. The number of imidazole rings is 1. The summed E-state index contributed by atoms with van der Waals surface area (Å²) in [5, 5.41) is 0. The van der Waals surface area contributed by atoms with Crippen LogP contribution in [0.2, 0.25) is 0 Å². The molecule has 0 N–H and O–H groups in total. The third-order valence-electron chi connectivity index (χ3n) is 2.91. The zero-order chi connectivity index (χ0) is 14.1. The minimum Gasteiger partial charge on any atom is -0.462 e. The van der Waals surface area contributed by atoms with Crippen molar-refractivity contribution in [3.63, 3.8) is 0 Å². The maximum atomic E-state index is 11.1. The number of aryl methyl sites for hydroxylation is 2. The van der Waals surface area contributed by atoms with Crippen molar-refractivity contribution >= 4 is 5.97 Å². The van der Waals surface area contributed by atoms with Gasteiger partial charge in [-0.1, -0.05) is 19.9 Å². The number of ether oxygens (including phenoxy) is 1. The van der Waals surface area contributed by atoms with E-state index in [9.17, 15) is 4.79 Å². The van der Waals surface area contributed by atoms with Crippen molar-refractivity contribution < 1.29 is 14.1 Å². The first-order chi connectivity index (χ1) is 9.13. The third kappa shape index (κ3) is 6.22. The van der Waals surface area contributed by atoms with Gasteiger partial charge in [0.1, 0.15) is 12.4 Å². The average molecular weight is 265 g/mol. The van der Waals surface area contributed by atoms with Crippen LogP contribution in [0.15, 0.2) is 30.9 Å². The van der Waals surface area contributed by atoms with Gasteiger partial charge in [-0.05, 0) is 26.2 Å². The lowest BCUT2D eigenvalue weighted by atomic mass is 10.3. The molecule has 0 bridgehead atoms. The Morgan fingerprint density at radius 1 is 1.37 bits per heavy atom. The van der Waals surface area contributed by atoms with E-state index >= 15 is 0 Å². The van der Waals surface area contributed by atoms with Gasteiger partial charge in [-0.3, -0.25) is 0 Å². The first kappa shape index (κ1) is 15.5. The molecule has 1 aromatic heterocycles. The van der Waals surface area contributed by atoms with Gasteiger partial charge in [-0.25, -0.2) is 13.9 Å². The zero-order valence-corrected chi connectivity index (χ0v) is 12.1. The van der Waals surface area contributed by atoms with Crippen LogP contribution >= 0.6 is 0 Å². The smallest absolute Gasteiger partial charge is 0.333 e. The number of hydrogen-bond donors (Lipinski definition) is 0. The van der Waals surface area contributed by atoms with E-state index in [0.29, 0.717) is 12.2 Å². The zero-order valence-electron chi connectivity index (χ0n) is 12.1.